The average Bonchev–Trinajstić information content (AvgIpc) is 3.61. The predicted molar refractivity (Wildman–Crippen MR) is 168 cm³/mol. The Morgan fingerprint density at radius 1 is 0.909 bits per heavy atom. The number of carbonyl (C=O) groups is 2. The predicted octanol–water partition coefficient (Wildman–Crippen LogP) is 6.92. The van der Waals surface area contributed by atoms with Crippen molar-refractivity contribution in [3.05, 3.63) is 134 Å². The van der Waals surface area contributed by atoms with Gasteiger partial charge in [-0.15, -0.1) is 0 Å². The van der Waals surface area contributed by atoms with E-state index in [0.29, 0.717) is 22.3 Å². The van der Waals surface area contributed by atoms with E-state index in [2.05, 4.69) is 0 Å². The summed E-state index contributed by atoms with van der Waals surface area (Å²) in [5.41, 5.74) is 2.50. The van der Waals surface area contributed by atoms with Crippen molar-refractivity contribution in [3.8, 4) is 0 Å². The lowest BCUT2D eigenvalue weighted by Crippen LogP contribution is -2.53. The zero-order valence-electron chi connectivity index (χ0n) is 24.0. The van der Waals surface area contributed by atoms with Crippen molar-refractivity contribution in [2.45, 2.75) is 32.9 Å². The summed E-state index contributed by atoms with van der Waals surface area (Å²) in [6.07, 6.45) is 0. The van der Waals surface area contributed by atoms with Gasteiger partial charge in [-0.25, -0.2) is 9.37 Å². The molecule has 1 spiro atoms. The zero-order chi connectivity index (χ0) is 30.5. The third-order valence-electron chi connectivity index (χ3n) is 8.75. The SMILES string of the molecule is Cc1ccc2nc(N3C(=O)c4oc5cc(C)c(C)cc5c(=O)c4C34C(=O)N(Cc3ccccc3F)c3ccccc34)sc2c1. The Balaban J connectivity index is 1.47. The lowest BCUT2D eigenvalue weighted by atomic mass is 9.84. The summed E-state index contributed by atoms with van der Waals surface area (Å²) >= 11 is 1.26. The van der Waals surface area contributed by atoms with Crippen molar-refractivity contribution in [1.29, 1.82) is 0 Å². The minimum atomic E-state index is -1.91. The van der Waals surface area contributed by atoms with Crippen LogP contribution >= 0.6 is 11.3 Å². The maximum Gasteiger partial charge on any atom is 0.297 e. The number of aromatic nitrogens is 1. The molecule has 6 aromatic rings. The first-order valence-corrected chi connectivity index (χ1v) is 15.0. The first-order valence-electron chi connectivity index (χ1n) is 14.2. The maximum absolute atomic E-state index is 15.1. The van der Waals surface area contributed by atoms with E-state index >= 15 is 4.79 Å². The second kappa shape index (κ2) is 9.17. The molecule has 0 N–H and O–H groups in total. The number of amides is 2. The van der Waals surface area contributed by atoms with Crippen LogP contribution < -0.4 is 15.2 Å². The van der Waals surface area contributed by atoms with Crippen LogP contribution in [0.3, 0.4) is 0 Å². The molecular weight excluding hydrogens is 577 g/mol. The number of carbonyl (C=O) groups excluding carboxylic acids is 2. The fourth-order valence-corrected chi connectivity index (χ4v) is 7.60. The topological polar surface area (TPSA) is 83.7 Å². The molecule has 0 radical (unpaired) electrons. The Morgan fingerprint density at radius 3 is 2.48 bits per heavy atom. The number of fused-ring (bicyclic) bond motifs is 6. The minimum Gasteiger partial charge on any atom is -0.450 e. The number of rotatable bonds is 3. The normalized spacial score (nSPS) is 17.4. The van der Waals surface area contributed by atoms with Gasteiger partial charge < -0.3 is 9.32 Å². The van der Waals surface area contributed by atoms with Crippen molar-refractivity contribution in [2.24, 2.45) is 0 Å². The molecule has 0 saturated carbocycles. The number of benzene rings is 4. The van der Waals surface area contributed by atoms with E-state index in [1.54, 1.807) is 54.6 Å². The van der Waals surface area contributed by atoms with E-state index in [-0.39, 0.29) is 34.0 Å². The number of hydrogen-bond acceptors (Lipinski definition) is 6. The smallest absolute Gasteiger partial charge is 0.297 e. The summed E-state index contributed by atoms with van der Waals surface area (Å²) in [7, 11) is 0. The van der Waals surface area contributed by atoms with E-state index in [1.165, 1.54) is 27.2 Å². The van der Waals surface area contributed by atoms with Gasteiger partial charge in [0, 0.05) is 11.1 Å². The van der Waals surface area contributed by atoms with E-state index < -0.39 is 28.6 Å². The van der Waals surface area contributed by atoms with Crippen molar-refractivity contribution >= 4 is 55.2 Å². The third kappa shape index (κ3) is 3.41. The van der Waals surface area contributed by atoms with E-state index in [9.17, 15) is 14.0 Å². The summed E-state index contributed by atoms with van der Waals surface area (Å²) < 4.78 is 22.0. The van der Waals surface area contributed by atoms with E-state index in [1.807, 2.05) is 39.0 Å². The first kappa shape index (κ1) is 26.5. The number of aryl methyl sites for hydroxylation is 3. The molecule has 4 heterocycles. The fraction of sp³-hybridized carbons (Fsp3) is 0.143. The monoisotopic (exact) mass is 601 g/mol. The van der Waals surface area contributed by atoms with Gasteiger partial charge in [0.05, 0.1) is 33.4 Å². The Kier molecular flexibility index (Phi) is 5.52. The molecule has 1 atom stereocenters. The molecule has 9 heteroatoms. The molecule has 216 valence electrons. The molecule has 2 aliphatic heterocycles. The molecule has 0 aliphatic carbocycles. The van der Waals surface area contributed by atoms with Gasteiger partial charge in [0.15, 0.2) is 16.1 Å². The van der Waals surface area contributed by atoms with Crippen LogP contribution in [0, 0.1) is 26.6 Å². The van der Waals surface area contributed by atoms with Gasteiger partial charge in [-0.2, -0.15) is 0 Å². The van der Waals surface area contributed by atoms with Crippen molar-refractivity contribution in [2.75, 3.05) is 9.80 Å². The third-order valence-corrected chi connectivity index (χ3v) is 9.75. The highest BCUT2D eigenvalue weighted by Crippen LogP contribution is 2.55. The van der Waals surface area contributed by atoms with Gasteiger partial charge >= 0.3 is 0 Å². The molecule has 0 saturated heterocycles. The highest BCUT2D eigenvalue weighted by atomic mass is 32.1. The van der Waals surface area contributed by atoms with Gasteiger partial charge in [-0.1, -0.05) is 53.8 Å². The summed E-state index contributed by atoms with van der Waals surface area (Å²) in [6, 6.07) is 22.5. The molecule has 8 rings (SSSR count). The first-order chi connectivity index (χ1) is 21.2. The number of para-hydroxylation sites is 1. The van der Waals surface area contributed by atoms with Crippen LogP contribution in [-0.4, -0.2) is 16.8 Å². The lowest BCUT2D eigenvalue weighted by molar-refractivity contribution is -0.121. The summed E-state index contributed by atoms with van der Waals surface area (Å²) in [5, 5.41) is 0.535. The van der Waals surface area contributed by atoms with Crippen molar-refractivity contribution in [3.63, 3.8) is 0 Å². The van der Waals surface area contributed by atoms with Crippen LogP contribution in [0.2, 0.25) is 0 Å². The molecule has 2 aromatic heterocycles. The highest BCUT2D eigenvalue weighted by Gasteiger charge is 2.66. The van der Waals surface area contributed by atoms with Gasteiger partial charge in [0.1, 0.15) is 11.4 Å². The standard InChI is InChI=1S/C35H24FN3O4S/c1-18-12-13-25-28(14-18)44-34(37-25)39-32(41)31-29(30(40)22-15-19(2)20(3)16-27(22)43-31)35(39)23-9-5-7-11-26(23)38(33(35)42)17-21-8-4-6-10-24(21)36/h4-16H,17H2,1-3H3. The fourth-order valence-electron chi connectivity index (χ4n) is 6.49. The van der Waals surface area contributed by atoms with Crippen LogP contribution in [0.5, 0.6) is 0 Å². The minimum absolute atomic E-state index is 0.0535. The largest absolute Gasteiger partial charge is 0.450 e. The van der Waals surface area contributed by atoms with E-state index in [4.69, 9.17) is 9.40 Å². The van der Waals surface area contributed by atoms with Crippen LogP contribution in [0.15, 0.2) is 88.1 Å². The molecular formula is C35H24FN3O4S. The highest BCUT2D eigenvalue weighted by molar-refractivity contribution is 7.22. The Morgan fingerprint density at radius 2 is 1.66 bits per heavy atom. The second-order valence-electron chi connectivity index (χ2n) is 11.4. The molecule has 4 aromatic carbocycles. The number of halogens is 1. The summed E-state index contributed by atoms with van der Waals surface area (Å²) in [6.45, 7) is 5.66. The number of nitrogens with zero attached hydrogens (tertiary/aromatic N) is 3. The average molecular weight is 602 g/mol. The molecule has 0 fully saturated rings. The van der Waals surface area contributed by atoms with Gasteiger partial charge in [-0.05, 0) is 73.9 Å². The molecule has 0 bridgehead atoms. The molecule has 2 aliphatic rings. The van der Waals surface area contributed by atoms with Crippen molar-refractivity contribution in [1.82, 2.24) is 4.98 Å². The van der Waals surface area contributed by atoms with E-state index in [0.717, 1.165) is 21.4 Å². The van der Waals surface area contributed by atoms with Crippen LogP contribution in [0.1, 0.15) is 43.9 Å². The van der Waals surface area contributed by atoms with Gasteiger partial charge in [0.25, 0.3) is 11.8 Å². The van der Waals surface area contributed by atoms with Crippen LogP contribution in [-0.2, 0) is 16.9 Å². The zero-order valence-corrected chi connectivity index (χ0v) is 24.8. The molecule has 2 amide bonds. The molecule has 7 nitrogen and oxygen atoms in total. The molecule has 44 heavy (non-hydrogen) atoms. The van der Waals surface area contributed by atoms with Crippen LogP contribution in [0.4, 0.5) is 15.2 Å². The Hall–Kier alpha value is -5.15. The Labute approximate surface area is 254 Å². The Bertz CT molecular complexity index is 2310. The number of anilines is 2. The van der Waals surface area contributed by atoms with Gasteiger partial charge in [-0.3, -0.25) is 19.3 Å². The quantitative estimate of drug-likeness (QED) is 0.220. The van der Waals surface area contributed by atoms with Gasteiger partial charge in [0.2, 0.25) is 5.76 Å². The summed E-state index contributed by atoms with van der Waals surface area (Å²) in [5.74, 6) is -1.85. The number of thiazole rings is 1. The lowest BCUT2D eigenvalue weighted by Gasteiger charge is -2.32. The number of hydrogen-bond donors (Lipinski definition) is 0. The summed E-state index contributed by atoms with van der Waals surface area (Å²) in [4.78, 5) is 51.8. The van der Waals surface area contributed by atoms with Crippen LogP contribution in [0.25, 0.3) is 21.2 Å². The maximum atomic E-state index is 15.1. The molecule has 1 unspecified atom stereocenters. The van der Waals surface area contributed by atoms with Crippen molar-refractivity contribution < 1.29 is 18.4 Å². The second-order valence-corrected chi connectivity index (χ2v) is 12.4.